The highest BCUT2D eigenvalue weighted by molar-refractivity contribution is 5.02. The Bertz CT molecular complexity index is 126. The van der Waals surface area contributed by atoms with Crippen LogP contribution in [0.3, 0.4) is 0 Å². The van der Waals surface area contributed by atoms with Crippen LogP contribution in [0, 0.1) is 0 Å². The van der Waals surface area contributed by atoms with Crippen molar-refractivity contribution in [1.82, 2.24) is 5.32 Å². The summed E-state index contributed by atoms with van der Waals surface area (Å²) < 4.78 is 24.6. The molecule has 1 nitrogen and oxygen atoms in total. The fourth-order valence-electron chi connectivity index (χ4n) is 1.64. The molecule has 0 heterocycles. The van der Waals surface area contributed by atoms with E-state index in [1.54, 1.807) is 0 Å². The van der Waals surface area contributed by atoms with Gasteiger partial charge in [-0.05, 0) is 13.5 Å². The minimum atomic E-state index is -2.41. The van der Waals surface area contributed by atoms with Gasteiger partial charge >= 0.3 is 0 Å². The molecule has 0 saturated heterocycles. The molecule has 0 aliphatic heterocycles. The minimum Gasteiger partial charge on any atom is -0.311 e. The lowest BCUT2D eigenvalue weighted by Crippen LogP contribution is -2.58. The van der Waals surface area contributed by atoms with Crippen molar-refractivity contribution < 1.29 is 8.78 Å². The molecule has 3 heteroatoms. The molecule has 1 fully saturated rings. The molecule has 0 aromatic rings. The first kappa shape index (κ1) is 7.92. The minimum absolute atomic E-state index is 0.00611. The van der Waals surface area contributed by atoms with Crippen LogP contribution in [0.2, 0.25) is 0 Å². The summed E-state index contributed by atoms with van der Waals surface area (Å²) in [6.07, 6.45) is -0.0122. The third-order valence-electron chi connectivity index (χ3n) is 1.90. The molecule has 1 N–H and O–H groups in total. The molecule has 1 aliphatic rings. The van der Waals surface area contributed by atoms with Crippen LogP contribution in [0.15, 0.2) is 0 Å². The van der Waals surface area contributed by atoms with Gasteiger partial charge in [-0.25, -0.2) is 8.78 Å². The van der Waals surface area contributed by atoms with Gasteiger partial charge in [0.25, 0.3) is 5.92 Å². The van der Waals surface area contributed by atoms with Gasteiger partial charge in [0.2, 0.25) is 0 Å². The van der Waals surface area contributed by atoms with E-state index in [1.165, 1.54) is 0 Å². The monoisotopic (exact) mass is 149 g/mol. The van der Waals surface area contributed by atoms with Gasteiger partial charge in [-0.1, -0.05) is 6.92 Å². The summed E-state index contributed by atoms with van der Waals surface area (Å²) >= 11 is 0. The molecule has 0 atom stereocenters. The fraction of sp³-hybridized carbons (Fsp3) is 1.00. The van der Waals surface area contributed by atoms with Crippen LogP contribution in [-0.2, 0) is 0 Å². The Balaban J connectivity index is 2.34. The first-order chi connectivity index (χ1) is 4.47. The van der Waals surface area contributed by atoms with Crippen molar-refractivity contribution in [2.45, 2.75) is 38.2 Å². The van der Waals surface area contributed by atoms with E-state index in [0.717, 1.165) is 6.54 Å². The van der Waals surface area contributed by atoms with Crippen LogP contribution >= 0.6 is 0 Å². The van der Waals surface area contributed by atoms with Gasteiger partial charge in [0, 0.05) is 18.4 Å². The maximum Gasteiger partial charge on any atom is 0.251 e. The second-order valence-electron chi connectivity index (χ2n) is 3.30. The molecule has 1 saturated carbocycles. The Hall–Kier alpha value is -0.180. The summed E-state index contributed by atoms with van der Waals surface area (Å²) in [5.74, 6) is -2.41. The van der Waals surface area contributed by atoms with Gasteiger partial charge in [-0.3, -0.25) is 0 Å². The number of nitrogens with one attached hydrogen (secondary N) is 1. The van der Waals surface area contributed by atoms with Gasteiger partial charge in [0.15, 0.2) is 0 Å². The number of hydrogen-bond donors (Lipinski definition) is 1. The molecule has 0 aromatic heterocycles. The van der Waals surface area contributed by atoms with E-state index in [0.29, 0.717) is 0 Å². The van der Waals surface area contributed by atoms with Crippen molar-refractivity contribution in [2.24, 2.45) is 0 Å². The SMILES string of the molecule is CCNC1(C)CC(F)(F)C1. The number of halogens is 2. The Morgan fingerprint density at radius 1 is 1.40 bits per heavy atom. The first-order valence-electron chi connectivity index (χ1n) is 3.60. The number of alkyl halides is 2. The van der Waals surface area contributed by atoms with Crippen LogP contribution < -0.4 is 5.32 Å². The zero-order valence-corrected chi connectivity index (χ0v) is 6.38. The summed E-state index contributed by atoms with van der Waals surface area (Å²) in [5.41, 5.74) is -0.293. The summed E-state index contributed by atoms with van der Waals surface area (Å²) in [4.78, 5) is 0. The normalized spacial score (nSPS) is 27.6. The number of rotatable bonds is 2. The van der Waals surface area contributed by atoms with E-state index >= 15 is 0 Å². The van der Waals surface area contributed by atoms with E-state index in [1.807, 2.05) is 13.8 Å². The lowest BCUT2D eigenvalue weighted by molar-refractivity contribution is -0.127. The van der Waals surface area contributed by atoms with Gasteiger partial charge in [-0.15, -0.1) is 0 Å². The lowest BCUT2D eigenvalue weighted by atomic mass is 9.75. The molecular formula is C7H13F2N. The molecule has 0 amide bonds. The molecule has 0 unspecified atom stereocenters. The van der Waals surface area contributed by atoms with Crippen molar-refractivity contribution in [3.8, 4) is 0 Å². The van der Waals surface area contributed by atoms with Crippen molar-refractivity contribution in [2.75, 3.05) is 6.54 Å². The molecule has 1 aliphatic carbocycles. The average molecular weight is 149 g/mol. The van der Waals surface area contributed by atoms with Crippen LogP contribution in [0.5, 0.6) is 0 Å². The molecule has 10 heavy (non-hydrogen) atoms. The molecule has 0 aromatic carbocycles. The largest absolute Gasteiger partial charge is 0.311 e. The van der Waals surface area contributed by atoms with Gasteiger partial charge in [-0.2, -0.15) is 0 Å². The van der Waals surface area contributed by atoms with Crippen molar-refractivity contribution in [1.29, 1.82) is 0 Å². The third kappa shape index (κ3) is 1.45. The van der Waals surface area contributed by atoms with E-state index in [2.05, 4.69) is 5.32 Å². The quantitative estimate of drug-likeness (QED) is 0.631. The highest BCUT2D eigenvalue weighted by Gasteiger charge is 2.52. The predicted octanol–water partition coefficient (Wildman–Crippen LogP) is 1.78. The third-order valence-corrected chi connectivity index (χ3v) is 1.90. The van der Waals surface area contributed by atoms with Crippen LogP contribution in [0.1, 0.15) is 26.7 Å². The highest BCUT2D eigenvalue weighted by atomic mass is 19.3. The highest BCUT2D eigenvalue weighted by Crippen LogP contribution is 2.44. The zero-order chi connectivity index (χ0) is 7.83. The van der Waals surface area contributed by atoms with E-state index in [9.17, 15) is 8.78 Å². The van der Waals surface area contributed by atoms with Crippen molar-refractivity contribution in [3.63, 3.8) is 0 Å². The maximum atomic E-state index is 12.3. The molecule has 1 rings (SSSR count). The molecule has 0 spiro atoms. The smallest absolute Gasteiger partial charge is 0.251 e. The average Bonchev–Trinajstić information content (AvgIpc) is 1.58. The Morgan fingerprint density at radius 2 is 1.90 bits per heavy atom. The van der Waals surface area contributed by atoms with Crippen LogP contribution in [-0.4, -0.2) is 18.0 Å². The summed E-state index contributed by atoms with van der Waals surface area (Å²) in [5, 5.41) is 3.03. The van der Waals surface area contributed by atoms with Crippen molar-refractivity contribution >= 4 is 0 Å². The maximum absolute atomic E-state index is 12.3. The summed E-state index contributed by atoms with van der Waals surface area (Å²) in [6, 6.07) is 0. The Labute approximate surface area is 59.8 Å². The van der Waals surface area contributed by atoms with Crippen molar-refractivity contribution in [3.05, 3.63) is 0 Å². The predicted molar refractivity (Wildman–Crippen MR) is 36.3 cm³/mol. The molecule has 0 bridgehead atoms. The topological polar surface area (TPSA) is 12.0 Å². The Morgan fingerprint density at radius 3 is 2.20 bits per heavy atom. The molecule has 60 valence electrons. The summed E-state index contributed by atoms with van der Waals surface area (Å²) in [7, 11) is 0. The second kappa shape index (κ2) is 2.16. The van der Waals surface area contributed by atoms with E-state index in [4.69, 9.17) is 0 Å². The van der Waals surface area contributed by atoms with E-state index < -0.39 is 5.92 Å². The van der Waals surface area contributed by atoms with Gasteiger partial charge < -0.3 is 5.32 Å². The zero-order valence-electron chi connectivity index (χ0n) is 6.38. The second-order valence-corrected chi connectivity index (χ2v) is 3.30. The van der Waals surface area contributed by atoms with E-state index in [-0.39, 0.29) is 18.4 Å². The Kier molecular flexibility index (Phi) is 1.71. The first-order valence-corrected chi connectivity index (χ1v) is 3.60. The van der Waals surface area contributed by atoms with Gasteiger partial charge in [0.1, 0.15) is 0 Å². The standard InChI is InChI=1S/C7H13F2N/c1-3-10-6(2)4-7(8,9)5-6/h10H,3-5H2,1-2H3. The number of hydrogen-bond acceptors (Lipinski definition) is 1. The van der Waals surface area contributed by atoms with Crippen LogP contribution in [0.25, 0.3) is 0 Å². The fourth-order valence-corrected chi connectivity index (χ4v) is 1.64. The van der Waals surface area contributed by atoms with Gasteiger partial charge in [0.05, 0.1) is 0 Å². The lowest BCUT2D eigenvalue weighted by Gasteiger charge is -2.45. The molecule has 0 radical (unpaired) electrons. The summed E-state index contributed by atoms with van der Waals surface area (Å²) in [6.45, 7) is 4.54. The molecular weight excluding hydrogens is 136 g/mol. The van der Waals surface area contributed by atoms with Crippen LogP contribution in [0.4, 0.5) is 8.78 Å².